The van der Waals surface area contributed by atoms with E-state index in [1.807, 2.05) is 6.92 Å². The van der Waals surface area contributed by atoms with Crippen molar-refractivity contribution in [1.29, 1.82) is 0 Å². The monoisotopic (exact) mass is 352 g/mol. The third-order valence-electron chi connectivity index (χ3n) is 1.72. The molecule has 0 fully saturated rings. The Morgan fingerprint density at radius 3 is 2.50 bits per heavy atom. The number of nitrogen functional groups attached to an aromatic ring is 1. The van der Waals surface area contributed by atoms with E-state index in [9.17, 15) is 0 Å². The molecule has 6 heteroatoms. The van der Waals surface area contributed by atoms with Gasteiger partial charge >= 0.3 is 0 Å². The summed E-state index contributed by atoms with van der Waals surface area (Å²) in [6.07, 6.45) is 0. The Morgan fingerprint density at radius 1 is 1.36 bits per heavy atom. The summed E-state index contributed by atoms with van der Waals surface area (Å²) >= 11 is 10.1. The van der Waals surface area contributed by atoms with Gasteiger partial charge in [0.05, 0.1) is 13.3 Å². The van der Waals surface area contributed by atoms with Crippen molar-refractivity contribution in [3.63, 3.8) is 0 Å². The number of hydrogen-bond acceptors (Lipinski definition) is 4. The number of halogens is 2. The predicted octanol–water partition coefficient (Wildman–Crippen LogP) is 4.29. The fourth-order valence-electron chi connectivity index (χ4n) is 1.17. The van der Waals surface area contributed by atoms with Crippen LogP contribution in [0.4, 0.5) is 5.13 Å². The molecular formula is C8H6Br2N2S2. The van der Waals surface area contributed by atoms with Gasteiger partial charge < -0.3 is 5.73 Å². The van der Waals surface area contributed by atoms with E-state index in [4.69, 9.17) is 5.73 Å². The van der Waals surface area contributed by atoms with Crippen LogP contribution in [0.15, 0.2) is 13.6 Å². The Hall–Kier alpha value is 0.0900. The molecule has 0 amide bonds. The van der Waals surface area contributed by atoms with Crippen LogP contribution in [-0.4, -0.2) is 4.98 Å². The van der Waals surface area contributed by atoms with Gasteiger partial charge in [0.1, 0.15) is 0 Å². The van der Waals surface area contributed by atoms with Gasteiger partial charge in [-0.3, -0.25) is 0 Å². The summed E-state index contributed by atoms with van der Waals surface area (Å²) in [5, 5.41) is 0.617. The number of thiophene rings is 1. The number of rotatable bonds is 1. The molecule has 0 aliphatic heterocycles. The minimum atomic E-state index is 0.617. The van der Waals surface area contributed by atoms with Crippen LogP contribution in [0, 0.1) is 6.92 Å². The van der Waals surface area contributed by atoms with E-state index in [1.165, 1.54) is 11.3 Å². The van der Waals surface area contributed by atoms with E-state index >= 15 is 0 Å². The third kappa shape index (κ3) is 1.88. The molecule has 0 aromatic carbocycles. The maximum Gasteiger partial charge on any atom is 0.180 e. The molecule has 0 saturated heterocycles. The van der Waals surface area contributed by atoms with Gasteiger partial charge in [0, 0.05) is 10.4 Å². The molecule has 2 aromatic rings. The van der Waals surface area contributed by atoms with Crippen LogP contribution in [0.3, 0.4) is 0 Å². The number of thiazole rings is 1. The van der Waals surface area contributed by atoms with Crippen molar-refractivity contribution in [3.8, 4) is 11.3 Å². The molecule has 0 radical (unpaired) electrons. The van der Waals surface area contributed by atoms with Crippen molar-refractivity contribution in [2.75, 3.05) is 5.73 Å². The molecule has 14 heavy (non-hydrogen) atoms. The number of nitrogens with two attached hydrogens (primary N) is 1. The Labute approximate surface area is 106 Å². The van der Waals surface area contributed by atoms with Gasteiger partial charge in [0.25, 0.3) is 0 Å². The molecule has 2 rings (SSSR count). The minimum Gasteiger partial charge on any atom is -0.375 e. The Morgan fingerprint density at radius 2 is 2.07 bits per heavy atom. The van der Waals surface area contributed by atoms with Crippen LogP contribution < -0.4 is 5.73 Å². The quantitative estimate of drug-likeness (QED) is 0.830. The number of anilines is 1. The van der Waals surface area contributed by atoms with Crippen LogP contribution >= 0.6 is 54.5 Å². The van der Waals surface area contributed by atoms with E-state index in [0.29, 0.717) is 5.13 Å². The summed E-state index contributed by atoms with van der Waals surface area (Å²) in [4.78, 5) is 5.45. The Kier molecular flexibility index (Phi) is 2.97. The Balaban J connectivity index is 2.59. The van der Waals surface area contributed by atoms with Crippen molar-refractivity contribution >= 4 is 59.7 Å². The lowest BCUT2D eigenvalue weighted by molar-refractivity contribution is 1.38. The first-order chi connectivity index (χ1) is 6.58. The number of aromatic nitrogens is 1. The van der Waals surface area contributed by atoms with E-state index in [0.717, 1.165) is 23.7 Å². The van der Waals surface area contributed by atoms with Gasteiger partial charge in [-0.1, -0.05) is 0 Å². The maximum absolute atomic E-state index is 5.66. The van der Waals surface area contributed by atoms with Gasteiger partial charge in [-0.2, -0.15) is 0 Å². The molecule has 0 aliphatic carbocycles. The average Bonchev–Trinajstić information content (AvgIpc) is 2.55. The van der Waals surface area contributed by atoms with Crippen LogP contribution in [0.25, 0.3) is 11.3 Å². The Bertz CT molecular complexity index is 431. The summed E-state index contributed by atoms with van der Waals surface area (Å²) in [5.41, 5.74) is 7.73. The highest BCUT2D eigenvalue weighted by molar-refractivity contribution is 9.12. The molecule has 0 unspecified atom stereocenters. The third-order valence-corrected chi connectivity index (χ3v) is 4.86. The van der Waals surface area contributed by atoms with Gasteiger partial charge in [-0.15, -0.1) is 22.7 Å². The summed E-state index contributed by atoms with van der Waals surface area (Å²) < 4.78 is 2.17. The first-order valence-corrected chi connectivity index (χ1v) is 6.98. The molecule has 0 aliphatic rings. The maximum atomic E-state index is 5.66. The fraction of sp³-hybridized carbons (Fsp3) is 0.125. The fourth-order valence-corrected chi connectivity index (χ4v) is 4.68. The first kappa shape index (κ1) is 10.6. The van der Waals surface area contributed by atoms with Crippen LogP contribution in [0.1, 0.15) is 4.88 Å². The number of hydrogen-bond donors (Lipinski definition) is 1. The topological polar surface area (TPSA) is 38.9 Å². The highest BCUT2D eigenvalue weighted by atomic mass is 79.9. The van der Waals surface area contributed by atoms with Crippen molar-refractivity contribution in [3.05, 3.63) is 18.5 Å². The summed E-state index contributed by atoms with van der Waals surface area (Å²) in [7, 11) is 0. The first-order valence-electron chi connectivity index (χ1n) is 3.76. The average molecular weight is 354 g/mol. The molecule has 2 N–H and O–H groups in total. The van der Waals surface area contributed by atoms with Crippen LogP contribution in [-0.2, 0) is 0 Å². The molecule has 74 valence electrons. The molecule has 0 spiro atoms. The van der Waals surface area contributed by atoms with Gasteiger partial charge in [0.15, 0.2) is 5.13 Å². The zero-order valence-electron chi connectivity index (χ0n) is 7.17. The van der Waals surface area contributed by atoms with E-state index in [1.54, 1.807) is 11.3 Å². The largest absolute Gasteiger partial charge is 0.375 e. The zero-order chi connectivity index (χ0) is 10.3. The number of nitrogens with zero attached hydrogens (tertiary/aromatic N) is 1. The molecule has 2 heterocycles. The molecule has 0 bridgehead atoms. The lowest BCUT2D eigenvalue weighted by atomic mass is 10.2. The van der Waals surface area contributed by atoms with Crippen molar-refractivity contribution in [2.45, 2.75) is 6.92 Å². The highest BCUT2D eigenvalue weighted by Crippen LogP contribution is 2.40. The smallest absolute Gasteiger partial charge is 0.180 e. The van der Waals surface area contributed by atoms with E-state index in [2.05, 4.69) is 42.9 Å². The van der Waals surface area contributed by atoms with Gasteiger partial charge in [-0.25, -0.2) is 4.98 Å². The van der Waals surface area contributed by atoms with Crippen molar-refractivity contribution in [2.24, 2.45) is 0 Å². The van der Waals surface area contributed by atoms with E-state index < -0.39 is 0 Å². The second-order valence-electron chi connectivity index (χ2n) is 2.69. The van der Waals surface area contributed by atoms with Crippen molar-refractivity contribution in [1.82, 2.24) is 4.98 Å². The van der Waals surface area contributed by atoms with Crippen LogP contribution in [0.2, 0.25) is 0 Å². The lowest BCUT2D eigenvalue weighted by Crippen LogP contribution is -1.82. The summed E-state index contributed by atoms with van der Waals surface area (Å²) in [6.45, 7) is 2.03. The van der Waals surface area contributed by atoms with Crippen LogP contribution in [0.5, 0.6) is 0 Å². The van der Waals surface area contributed by atoms with E-state index in [-0.39, 0.29) is 0 Å². The molecular weight excluding hydrogens is 348 g/mol. The van der Waals surface area contributed by atoms with Crippen molar-refractivity contribution < 1.29 is 0 Å². The number of aryl methyl sites for hydroxylation is 1. The second-order valence-corrected chi connectivity index (χ2v) is 7.68. The van der Waals surface area contributed by atoms with Gasteiger partial charge in [0.2, 0.25) is 0 Å². The SMILES string of the molecule is Cc1sc(N)nc1-c1cc(Br)sc1Br. The lowest BCUT2D eigenvalue weighted by Gasteiger charge is -1.93. The molecule has 0 saturated carbocycles. The zero-order valence-corrected chi connectivity index (χ0v) is 12.0. The molecule has 2 aromatic heterocycles. The molecule has 0 atom stereocenters. The summed E-state index contributed by atoms with van der Waals surface area (Å²) in [5.74, 6) is 0. The predicted molar refractivity (Wildman–Crippen MR) is 70.0 cm³/mol. The highest BCUT2D eigenvalue weighted by Gasteiger charge is 2.13. The van der Waals surface area contributed by atoms with Gasteiger partial charge in [-0.05, 0) is 44.8 Å². The second kappa shape index (κ2) is 3.92. The minimum absolute atomic E-state index is 0.617. The standard InChI is InChI=1S/C8H6Br2N2S2/c1-3-6(12-8(11)13-3)4-2-5(9)14-7(4)10/h2H,1H3,(H2,11,12). The summed E-state index contributed by atoms with van der Waals surface area (Å²) in [6, 6.07) is 2.05. The molecule has 2 nitrogen and oxygen atoms in total. The normalized spacial score (nSPS) is 10.8.